The number of nitrogens with zero attached hydrogens (tertiary/aromatic N) is 1. The molecule has 1 unspecified atom stereocenters. The number of fused-ring (bicyclic) bond motifs is 3. The summed E-state index contributed by atoms with van der Waals surface area (Å²) in [5.41, 5.74) is 2.51. The van der Waals surface area contributed by atoms with E-state index in [1.165, 1.54) is 17.0 Å². The maximum absolute atomic E-state index is 14.6. The normalized spacial score (nSPS) is 16.4. The number of rotatable bonds is 2. The summed E-state index contributed by atoms with van der Waals surface area (Å²) in [5.74, 6) is -1.93. The molecule has 2 heterocycles. The fourth-order valence-electron chi connectivity index (χ4n) is 3.72. The molecule has 4 nitrogen and oxygen atoms in total. The second-order valence-electron chi connectivity index (χ2n) is 6.40. The molecule has 0 spiro atoms. The number of carbonyl (C=O) groups excluding carboxylic acids is 1. The number of amides is 1. The lowest BCUT2D eigenvalue weighted by Crippen LogP contribution is -2.41. The number of nitrogens with one attached hydrogen (secondary N) is 1. The van der Waals surface area contributed by atoms with Crippen molar-refractivity contribution in [3.05, 3.63) is 69.9 Å². The first-order valence-corrected chi connectivity index (χ1v) is 9.06. The molecule has 3 aromatic rings. The average molecular weight is 391 g/mol. The molecule has 27 heavy (non-hydrogen) atoms. The van der Waals surface area contributed by atoms with E-state index in [2.05, 4.69) is 4.98 Å². The molecule has 1 atom stereocenters. The third kappa shape index (κ3) is 2.94. The molecule has 0 aliphatic carbocycles. The smallest absolute Gasteiger partial charge is 0.410 e. The summed E-state index contributed by atoms with van der Waals surface area (Å²) in [6, 6.07) is 8.60. The van der Waals surface area contributed by atoms with Crippen molar-refractivity contribution in [1.29, 1.82) is 0 Å². The van der Waals surface area contributed by atoms with Gasteiger partial charge in [-0.1, -0.05) is 23.7 Å². The van der Waals surface area contributed by atoms with Crippen LogP contribution in [0.3, 0.4) is 0 Å². The highest BCUT2D eigenvalue weighted by Crippen LogP contribution is 2.40. The zero-order chi connectivity index (χ0) is 19.1. The molecule has 140 valence electrons. The van der Waals surface area contributed by atoms with Crippen LogP contribution in [0.2, 0.25) is 5.02 Å². The highest BCUT2D eigenvalue weighted by Gasteiger charge is 2.37. The molecule has 0 saturated carbocycles. The fourth-order valence-corrected chi connectivity index (χ4v) is 3.89. The van der Waals surface area contributed by atoms with Gasteiger partial charge in [0, 0.05) is 33.7 Å². The van der Waals surface area contributed by atoms with Crippen LogP contribution in [0.4, 0.5) is 13.6 Å². The van der Waals surface area contributed by atoms with Gasteiger partial charge in [-0.05, 0) is 43.2 Å². The summed E-state index contributed by atoms with van der Waals surface area (Å²) in [6.45, 7) is 2.23. The summed E-state index contributed by atoms with van der Waals surface area (Å²) >= 11 is 6.13. The Morgan fingerprint density at radius 1 is 1.33 bits per heavy atom. The first kappa shape index (κ1) is 17.8. The molecule has 1 aliphatic heterocycles. The van der Waals surface area contributed by atoms with Crippen LogP contribution in [0.15, 0.2) is 36.4 Å². The Kier molecular flexibility index (Phi) is 4.52. The van der Waals surface area contributed by atoms with Crippen molar-refractivity contribution < 1.29 is 18.3 Å². The van der Waals surface area contributed by atoms with E-state index < -0.39 is 23.8 Å². The second kappa shape index (κ2) is 6.85. The van der Waals surface area contributed by atoms with Gasteiger partial charge in [-0.2, -0.15) is 0 Å². The van der Waals surface area contributed by atoms with E-state index in [4.69, 9.17) is 16.3 Å². The van der Waals surface area contributed by atoms with Crippen LogP contribution in [0.5, 0.6) is 0 Å². The number of aromatic amines is 1. The van der Waals surface area contributed by atoms with E-state index in [0.29, 0.717) is 23.7 Å². The fraction of sp³-hybridized carbons (Fsp3) is 0.250. The van der Waals surface area contributed by atoms with Crippen molar-refractivity contribution in [2.45, 2.75) is 19.4 Å². The molecule has 0 saturated heterocycles. The number of ether oxygens (including phenoxy) is 1. The van der Waals surface area contributed by atoms with Crippen molar-refractivity contribution in [3.63, 3.8) is 0 Å². The summed E-state index contributed by atoms with van der Waals surface area (Å²) < 4.78 is 33.7. The van der Waals surface area contributed by atoms with Crippen LogP contribution >= 0.6 is 11.6 Å². The Balaban J connectivity index is 1.93. The monoisotopic (exact) mass is 390 g/mol. The van der Waals surface area contributed by atoms with Gasteiger partial charge in [0.25, 0.3) is 0 Å². The van der Waals surface area contributed by atoms with Gasteiger partial charge in [0.15, 0.2) is 11.6 Å². The van der Waals surface area contributed by atoms with Crippen LogP contribution in [-0.4, -0.2) is 29.1 Å². The average Bonchev–Trinajstić information content (AvgIpc) is 3.01. The molecule has 7 heteroatoms. The van der Waals surface area contributed by atoms with Gasteiger partial charge >= 0.3 is 6.09 Å². The lowest BCUT2D eigenvalue weighted by Gasteiger charge is -2.35. The lowest BCUT2D eigenvalue weighted by atomic mass is 9.92. The number of aromatic nitrogens is 1. The largest absolute Gasteiger partial charge is 0.450 e. The first-order valence-electron chi connectivity index (χ1n) is 8.68. The third-order valence-corrected chi connectivity index (χ3v) is 5.10. The Labute approximate surface area is 159 Å². The topological polar surface area (TPSA) is 45.3 Å². The summed E-state index contributed by atoms with van der Waals surface area (Å²) in [5, 5.41) is 1.51. The van der Waals surface area contributed by atoms with Gasteiger partial charge in [0.2, 0.25) is 0 Å². The lowest BCUT2D eigenvalue weighted by molar-refractivity contribution is 0.0924. The number of H-pyrrole nitrogens is 1. The van der Waals surface area contributed by atoms with Crippen LogP contribution < -0.4 is 0 Å². The number of halogens is 3. The van der Waals surface area contributed by atoms with Crippen LogP contribution in [0.25, 0.3) is 10.9 Å². The van der Waals surface area contributed by atoms with Gasteiger partial charge in [0.1, 0.15) is 6.04 Å². The minimum absolute atomic E-state index is 0.0849. The maximum Gasteiger partial charge on any atom is 0.410 e. The van der Waals surface area contributed by atoms with Gasteiger partial charge in [-0.25, -0.2) is 13.6 Å². The minimum atomic E-state index is -0.971. The molecule has 1 amide bonds. The zero-order valence-electron chi connectivity index (χ0n) is 14.6. The number of benzene rings is 2. The van der Waals surface area contributed by atoms with E-state index in [-0.39, 0.29) is 12.2 Å². The third-order valence-electron chi connectivity index (χ3n) is 4.87. The number of hydrogen-bond acceptors (Lipinski definition) is 2. The Morgan fingerprint density at radius 2 is 2.15 bits per heavy atom. The van der Waals surface area contributed by atoms with Crippen LogP contribution in [-0.2, 0) is 11.2 Å². The predicted molar refractivity (Wildman–Crippen MR) is 98.9 cm³/mol. The van der Waals surface area contributed by atoms with Gasteiger partial charge in [-0.3, -0.25) is 4.90 Å². The van der Waals surface area contributed by atoms with Crippen molar-refractivity contribution in [2.24, 2.45) is 0 Å². The molecule has 0 fully saturated rings. The summed E-state index contributed by atoms with van der Waals surface area (Å²) in [7, 11) is 0. The van der Waals surface area contributed by atoms with Crippen molar-refractivity contribution in [1.82, 2.24) is 9.88 Å². The molecule has 1 aromatic heterocycles. The SMILES string of the molecule is CCOC(=O)N1CCc2c([nH]c3ccc(Cl)cc23)C1c1cccc(F)c1F. The molecule has 1 N–H and O–H groups in total. The second-order valence-corrected chi connectivity index (χ2v) is 6.83. The van der Waals surface area contributed by atoms with Crippen molar-refractivity contribution >= 4 is 28.6 Å². The van der Waals surface area contributed by atoms with Gasteiger partial charge < -0.3 is 9.72 Å². The summed E-state index contributed by atoms with van der Waals surface area (Å²) in [4.78, 5) is 17.2. The highest BCUT2D eigenvalue weighted by atomic mass is 35.5. The maximum atomic E-state index is 14.6. The van der Waals surface area contributed by atoms with E-state index in [1.54, 1.807) is 13.0 Å². The van der Waals surface area contributed by atoms with E-state index >= 15 is 0 Å². The summed E-state index contributed by atoms with van der Waals surface area (Å²) in [6.07, 6.45) is -0.00411. The van der Waals surface area contributed by atoms with Crippen LogP contribution in [0, 0.1) is 11.6 Å². The predicted octanol–water partition coefficient (Wildman–Crippen LogP) is 5.20. The standard InChI is InChI=1S/C20H17ClF2N2O2/c1-2-27-20(26)25-9-8-12-14-10-11(21)6-7-16(14)24-18(12)19(25)13-4-3-5-15(22)17(13)23/h3-7,10,19,24H,2,8-9H2,1H3. The number of hydrogen-bond donors (Lipinski definition) is 1. The Hall–Kier alpha value is -2.60. The molecule has 0 bridgehead atoms. The zero-order valence-corrected chi connectivity index (χ0v) is 15.3. The quantitative estimate of drug-likeness (QED) is 0.653. The Morgan fingerprint density at radius 3 is 2.93 bits per heavy atom. The Bertz CT molecular complexity index is 1030. The van der Waals surface area contributed by atoms with E-state index in [0.717, 1.165) is 22.5 Å². The molecule has 4 rings (SSSR count). The molecule has 2 aromatic carbocycles. The van der Waals surface area contributed by atoms with Crippen molar-refractivity contribution in [2.75, 3.05) is 13.2 Å². The first-order chi connectivity index (χ1) is 13.0. The van der Waals surface area contributed by atoms with Crippen LogP contribution in [0.1, 0.15) is 29.8 Å². The minimum Gasteiger partial charge on any atom is -0.450 e. The molecular weight excluding hydrogens is 374 g/mol. The van der Waals surface area contributed by atoms with Gasteiger partial charge in [0.05, 0.1) is 6.61 Å². The van der Waals surface area contributed by atoms with E-state index in [1.807, 2.05) is 12.1 Å². The molecule has 0 radical (unpaired) electrons. The number of carbonyl (C=O) groups is 1. The molecular formula is C20H17ClF2N2O2. The van der Waals surface area contributed by atoms with Crippen molar-refractivity contribution in [3.8, 4) is 0 Å². The highest BCUT2D eigenvalue weighted by molar-refractivity contribution is 6.31. The van der Waals surface area contributed by atoms with E-state index in [9.17, 15) is 13.6 Å². The molecule has 1 aliphatic rings. The van der Waals surface area contributed by atoms with Gasteiger partial charge in [-0.15, -0.1) is 0 Å².